The van der Waals surface area contributed by atoms with Crippen molar-refractivity contribution in [3.8, 4) is 0 Å². The van der Waals surface area contributed by atoms with Crippen LogP contribution >= 0.6 is 0 Å². The zero-order valence-electron chi connectivity index (χ0n) is 16.3. The molecule has 0 aliphatic carbocycles. The molecule has 0 atom stereocenters. The number of likely N-dealkylation sites (N-methyl/N-ethyl adjacent to an activating group) is 1. The first-order valence-electron chi connectivity index (χ1n) is 9.42. The van der Waals surface area contributed by atoms with Crippen LogP contribution in [0.2, 0.25) is 0 Å². The number of hydrogen-bond acceptors (Lipinski definition) is 3. The van der Waals surface area contributed by atoms with E-state index in [0.29, 0.717) is 24.9 Å². The van der Waals surface area contributed by atoms with E-state index in [1.807, 2.05) is 36.4 Å². The maximum absolute atomic E-state index is 12.5. The first-order valence-corrected chi connectivity index (χ1v) is 9.42. The summed E-state index contributed by atoms with van der Waals surface area (Å²) in [6.07, 6.45) is 1.81. The Kier molecular flexibility index (Phi) is 6.09. The molecule has 0 radical (unpaired) electrons. The molecular formula is C22H25N3O3. The summed E-state index contributed by atoms with van der Waals surface area (Å²) in [5.41, 5.74) is 3.37. The number of hydrogen-bond donors (Lipinski definition) is 1. The topological polar surface area (TPSA) is 69.7 Å². The van der Waals surface area contributed by atoms with Crippen LogP contribution in [0.3, 0.4) is 0 Å². The van der Waals surface area contributed by atoms with Crippen LogP contribution in [-0.4, -0.2) is 43.3 Å². The molecule has 1 heterocycles. The van der Waals surface area contributed by atoms with E-state index in [1.165, 1.54) is 0 Å². The van der Waals surface area contributed by atoms with E-state index in [1.54, 1.807) is 36.0 Å². The molecule has 0 spiro atoms. The quantitative estimate of drug-likeness (QED) is 0.838. The second kappa shape index (κ2) is 8.69. The average molecular weight is 379 g/mol. The predicted molar refractivity (Wildman–Crippen MR) is 108 cm³/mol. The van der Waals surface area contributed by atoms with Crippen molar-refractivity contribution in [1.82, 2.24) is 10.2 Å². The lowest BCUT2D eigenvalue weighted by Crippen LogP contribution is -2.28. The molecule has 2 aromatic rings. The molecular weight excluding hydrogens is 354 g/mol. The highest BCUT2D eigenvalue weighted by Gasteiger charge is 2.21. The maximum atomic E-state index is 12.5. The highest BCUT2D eigenvalue weighted by Crippen LogP contribution is 2.22. The van der Waals surface area contributed by atoms with Gasteiger partial charge in [0, 0.05) is 44.9 Å². The lowest BCUT2D eigenvalue weighted by Gasteiger charge is -2.18. The molecule has 1 aliphatic rings. The van der Waals surface area contributed by atoms with Crippen molar-refractivity contribution < 1.29 is 14.4 Å². The highest BCUT2D eigenvalue weighted by atomic mass is 16.2. The molecule has 3 rings (SSSR count). The van der Waals surface area contributed by atoms with Crippen molar-refractivity contribution >= 4 is 23.4 Å². The van der Waals surface area contributed by atoms with Gasteiger partial charge in [0.25, 0.3) is 5.91 Å². The predicted octanol–water partition coefficient (Wildman–Crippen LogP) is 2.37. The fourth-order valence-electron chi connectivity index (χ4n) is 3.29. The Labute approximate surface area is 165 Å². The number of rotatable bonds is 6. The first-order chi connectivity index (χ1) is 13.5. The molecule has 0 aromatic heterocycles. The number of nitrogens with one attached hydrogen (secondary N) is 1. The van der Waals surface area contributed by atoms with E-state index in [0.717, 1.165) is 29.8 Å². The van der Waals surface area contributed by atoms with Gasteiger partial charge in [-0.05, 0) is 41.8 Å². The summed E-state index contributed by atoms with van der Waals surface area (Å²) in [5, 5.41) is 2.59. The third-order valence-corrected chi connectivity index (χ3v) is 4.97. The molecule has 2 aromatic carbocycles. The third-order valence-electron chi connectivity index (χ3n) is 4.97. The molecule has 0 saturated carbocycles. The van der Waals surface area contributed by atoms with Crippen LogP contribution < -0.4 is 10.2 Å². The summed E-state index contributed by atoms with van der Waals surface area (Å²) in [5.74, 6) is 0.0430. The lowest BCUT2D eigenvalue weighted by atomic mass is 10.1. The molecule has 1 N–H and O–H groups in total. The molecule has 146 valence electrons. The minimum absolute atomic E-state index is 0.0142. The zero-order valence-corrected chi connectivity index (χ0v) is 16.3. The van der Waals surface area contributed by atoms with Gasteiger partial charge >= 0.3 is 0 Å². The first kappa shape index (κ1) is 19.6. The van der Waals surface area contributed by atoms with Crippen molar-refractivity contribution in [2.75, 3.05) is 25.5 Å². The van der Waals surface area contributed by atoms with Gasteiger partial charge in [-0.15, -0.1) is 0 Å². The summed E-state index contributed by atoms with van der Waals surface area (Å²) in [7, 11) is 3.37. The van der Waals surface area contributed by atoms with Gasteiger partial charge in [0.15, 0.2) is 0 Å². The van der Waals surface area contributed by atoms with E-state index in [2.05, 4.69) is 5.32 Å². The number of carbonyl (C=O) groups excluding carboxylic acids is 3. The number of benzene rings is 2. The van der Waals surface area contributed by atoms with Crippen LogP contribution in [0.25, 0.3) is 0 Å². The van der Waals surface area contributed by atoms with E-state index in [4.69, 9.17) is 0 Å². The van der Waals surface area contributed by atoms with Gasteiger partial charge in [0.2, 0.25) is 11.8 Å². The summed E-state index contributed by atoms with van der Waals surface area (Å²) in [6.45, 7) is 1.24. The zero-order chi connectivity index (χ0) is 20.1. The number of carbonyl (C=O) groups is 3. The minimum Gasteiger partial charge on any atom is -0.355 e. The standard InChI is InChI=1S/C22H25N3O3/c1-23-22(28)18-9-5-17(6-10-18)15-24(2)21(27)14-16-7-11-19(12-8-16)25-13-3-4-20(25)26/h5-12H,3-4,13-15H2,1-2H3,(H,23,28). The molecule has 6 nitrogen and oxygen atoms in total. The second-order valence-corrected chi connectivity index (χ2v) is 7.02. The molecule has 1 fully saturated rings. The van der Waals surface area contributed by atoms with Crippen molar-refractivity contribution in [3.63, 3.8) is 0 Å². The van der Waals surface area contributed by atoms with Gasteiger partial charge < -0.3 is 15.1 Å². The van der Waals surface area contributed by atoms with Crippen LogP contribution in [-0.2, 0) is 22.6 Å². The Morgan fingerprint density at radius 2 is 1.68 bits per heavy atom. The third kappa shape index (κ3) is 4.57. The van der Waals surface area contributed by atoms with Gasteiger partial charge in [0.05, 0.1) is 6.42 Å². The van der Waals surface area contributed by atoms with Crippen LogP contribution in [0.4, 0.5) is 5.69 Å². The van der Waals surface area contributed by atoms with Crippen molar-refractivity contribution in [3.05, 3.63) is 65.2 Å². The summed E-state index contributed by atoms with van der Waals surface area (Å²) < 4.78 is 0. The van der Waals surface area contributed by atoms with Crippen molar-refractivity contribution in [2.24, 2.45) is 0 Å². The molecule has 0 unspecified atom stereocenters. The molecule has 1 saturated heterocycles. The minimum atomic E-state index is -0.130. The number of anilines is 1. The Morgan fingerprint density at radius 1 is 1.04 bits per heavy atom. The largest absolute Gasteiger partial charge is 0.355 e. The van der Waals surface area contributed by atoms with Crippen molar-refractivity contribution in [1.29, 1.82) is 0 Å². The Hall–Kier alpha value is -3.15. The van der Waals surface area contributed by atoms with Gasteiger partial charge in [-0.25, -0.2) is 0 Å². The molecule has 6 heteroatoms. The molecule has 3 amide bonds. The smallest absolute Gasteiger partial charge is 0.251 e. The SMILES string of the molecule is CNC(=O)c1ccc(CN(C)C(=O)Cc2ccc(N3CCCC3=O)cc2)cc1. The monoisotopic (exact) mass is 379 g/mol. The van der Waals surface area contributed by atoms with Crippen LogP contribution in [0.1, 0.15) is 34.3 Å². The Morgan fingerprint density at radius 3 is 2.25 bits per heavy atom. The van der Waals surface area contributed by atoms with Gasteiger partial charge in [-0.2, -0.15) is 0 Å². The molecule has 28 heavy (non-hydrogen) atoms. The normalized spacial score (nSPS) is 13.5. The van der Waals surface area contributed by atoms with Crippen LogP contribution in [0, 0.1) is 0 Å². The van der Waals surface area contributed by atoms with Gasteiger partial charge in [-0.3, -0.25) is 14.4 Å². The lowest BCUT2D eigenvalue weighted by molar-refractivity contribution is -0.129. The number of nitrogens with zero attached hydrogens (tertiary/aromatic N) is 2. The average Bonchev–Trinajstić information content (AvgIpc) is 3.14. The second-order valence-electron chi connectivity index (χ2n) is 7.02. The maximum Gasteiger partial charge on any atom is 0.251 e. The molecule has 0 bridgehead atoms. The van der Waals surface area contributed by atoms with E-state index in [-0.39, 0.29) is 17.7 Å². The van der Waals surface area contributed by atoms with Crippen LogP contribution in [0.5, 0.6) is 0 Å². The van der Waals surface area contributed by atoms with Gasteiger partial charge in [0.1, 0.15) is 0 Å². The van der Waals surface area contributed by atoms with E-state index < -0.39 is 0 Å². The fraction of sp³-hybridized carbons (Fsp3) is 0.318. The van der Waals surface area contributed by atoms with E-state index in [9.17, 15) is 14.4 Å². The van der Waals surface area contributed by atoms with Crippen LogP contribution in [0.15, 0.2) is 48.5 Å². The highest BCUT2D eigenvalue weighted by molar-refractivity contribution is 5.95. The van der Waals surface area contributed by atoms with E-state index >= 15 is 0 Å². The Bertz CT molecular complexity index is 860. The number of amides is 3. The molecule has 1 aliphatic heterocycles. The summed E-state index contributed by atoms with van der Waals surface area (Å²) in [4.78, 5) is 39.4. The Balaban J connectivity index is 1.56. The summed E-state index contributed by atoms with van der Waals surface area (Å²) in [6, 6.07) is 14.9. The van der Waals surface area contributed by atoms with Crippen molar-refractivity contribution in [2.45, 2.75) is 25.8 Å². The fourth-order valence-corrected chi connectivity index (χ4v) is 3.29. The van der Waals surface area contributed by atoms with Gasteiger partial charge in [-0.1, -0.05) is 24.3 Å². The summed E-state index contributed by atoms with van der Waals surface area (Å²) >= 11 is 0.